The summed E-state index contributed by atoms with van der Waals surface area (Å²) in [5, 5.41) is 30.7. The molecule has 0 radical (unpaired) electrons. The SMILES string of the molecule is C=C1/C(=C\C=C2/CCC[C@]3(C)[C@@H]([C@H](C)/C=C/[C@H](O)C4(C)CC4)CC[C@@H]23)C[C@@H](O)C[C@@H]1O. The first kappa shape index (κ1) is 23.0. The second kappa shape index (κ2) is 8.65. The van der Waals surface area contributed by atoms with Crippen LogP contribution in [-0.4, -0.2) is 33.6 Å². The first-order chi connectivity index (χ1) is 14.6. The van der Waals surface area contributed by atoms with Crippen LogP contribution in [0.1, 0.15) is 78.6 Å². The number of rotatable bonds is 5. The van der Waals surface area contributed by atoms with Crippen molar-refractivity contribution in [1.82, 2.24) is 0 Å². The van der Waals surface area contributed by atoms with Gasteiger partial charge < -0.3 is 15.3 Å². The normalized spacial score (nSPS) is 42.2. The van der Waals surface area contributed by atoms with Crippen LogP contribution < -0.4 is 0 Å². The molecule has 0 spiro atoms. The van der Waals surface area contributed by atoms with Gasteiger partial charge in [0.05, 0.1) is 18.3 Å². The minimum Gasteiger partial charge on any atom is -0.393 e. The molecular formula is C28H42O3. The number of hydrogen-bond donors (Lipinski definition) is 3. The third kappa shape index (κ3) is 4.51. The molecule has 3 N–H and O–H groups in total. The first-order valence-electron chi connectivity index (χ1n) is 12.5. The fraction of sp³-hybridized carbons (Fsp3) is 0.714. The van der Waals surface area contributed by atoms with Gasteiger partial charge in [0.25, 0.3) is 0 Å². The van der Waals surface area contributed by atoms with Crippen LogP contribution in [0.15, 0.2) is 47.6 Å². The summed E-state index contributed by atoms with van der Waals surface area (Å²) in [6.07, 6.45) is 16.8. The molecule has 3 heteroatoms. The van der Waals surface area contributed by atoms with Gasteiger partial charge in [-0.05, 0) is 91.1 Å². The van der Waals surface area contributed by atoms with Crippen LogP contribution in [0.25, 0.3) is 0 Å². The summed E-state index contributed by atoms with van der Waals surface area (Å²) in [6, 6.07) is 0. The zero-order chi connectivity index (χ0) is 22.4. The fourth-order valence-corrected chi connectivity index (χ4v) is 6.75. The molecule has 3 nitrogen and oxygen atoms in total. The van der Waals surface area contributed by atoms with Crippen molar-refractivity contribution in [2.75, 3.05) is 0 Å². The van der Waals surface area contributed by atoms with Crippen LogP contribution in [0.5, 0.6) is 0 Å². The summed E-state index contributed by atoms with van der Waals surface area (Å²) in [4.78, 5) is 0. The van der Waals surface area contributed by atoms with Crippen molar-refractivity contribution in [3.8, 4) is 0 Å². The van der Waals surface area contributed by atoms with Gasteiger partial charge >= 0.3 is 0 Å². The maximum Gasteiger partial charge on any atom is 0.0811 e. The maximum atomic E-state index is 10.5. The van der Waals surface area contributed by atoms with Gasteiger partial charge in [-0.1, -0.05) is 57.2 Å². The Kier molecular flexibility index (Phi) is 6.42. The summed E-state index contributed by atoms with van der Waals surface area (Å²) in [5.41, 5.74) is 3.74. The number of allylic oxidation sites excluding steroid dienone is 4. The third-order valence-electron chi connectivity index (χ3n) is 9.29. The van der Waals surface area contributed by atoms with Crippen LogP contribution in [-0.2, 0) is 0 Å². The summed E-state index contributed by atoms with van der Waals surface area (Å²) in [7, 11) is 0. The van der Waals surface area contributed by atoms with Crippen molar-refractivity contribution in [1.29, 1.82) is 0 Å². The molecule has 7 atom stereocenters. The highest BCUT2D eigenvalue weighted by molar-refractivity contribution is 5.38. The average Bonchev–Trinajstić information content (AvgIpc) is 3.37. The predicted molar refractivity (Wildman–Crippen MR) is 126 cm³/mol. The van der Waals surface area contributed by atoms with Crippen molar-refractivity contribution in [3.05, 3.63) is 47.6 Å². The second-order valence-electron chi connectivity index (χ2n) is 11.5. The topological polar surface area (TPSA) is 60.7 Å². The molecule has 0 aromatic carbocycles. The van der Waals surface area contributed by atoms with Crippen LogP contribution in [0.4, 0.5) is 0 Å². The maximum absolute atomic E-state index is 10.5. The fourth-order valence-electron chi connectivity index (χ4n) is 6.75. The Hall–Kier alpha value is -1.16. The van der Waals surface area contributed by atoms with Crippen molar-refractivity contribution in [2.24, 2.45) is 28.6 Å². The monoisotopic (exact) mass is 426 g/mol. The van der Waals surface area contributed by atoms with E-state index in [1.807, 2.05) is 0 Å². The lowest BCUT2D eigenvalue weighted by Gasteiger charge is -2.44. The largest absolute Gasteiger partial charge is 0.393 e. The molecule has 0 bridgehead atoms. The Morgan fingerprint density at radius 3 is 2.52 bits per heavy atom. The predicted octanol–water partition coefficient (Wildman–Crippen LogP) is 5.48. The van der Waals surface area contributed by atoms with Gasteiger partial charge in [-0.3, -0.25) is 0 Å². The molecule has 0 unspecified atom stereocenters. The minimum absolute atomic E-state index is 0.122. The van der Waals surface area contributed by atoms with E-state index in [4.69, 9.17) is 0 Å². The Labute approximate surface area is 188 Å². The first-order valence-corrected chi connectivity index (χ1v) is 12.5. The molecular weight excluding hydrogens is 384 g/mol. The molecule has 0 aromatic heterocycles. The van der Waals surface area contributed by atoms with Gasteiger partial charge in [-0.25, -0.2) is 0 Å². The molecule has 4 rings (SSSR count). The van der Waals surface area contributed by atoms with E-state index in [2.05, 4.69) is 51.7 Å². The minimum atomic E-state index is -0.623. The Bertz CT molecular complexity index is 786. The van der Waals surface area contributed by atoms with Gasteiger partial charge in [0, 0.05) is 6.42 Å². The smallest absolute Gasteiger partial charge is 0.0811 e. The van der Waals surface area contributed by atoms with E-state index in [1.54, 1.807) is 0 Å². The van der Waals surface area contributed by atoms with Gasteiger partial charge in [0.1, 0.15) is 0 Å². The molecule has 0 saturated heterocycles. The van der Waals surface area contributed by atoms with E-state index in [1.165, 1.54) is 31.3 Å². The lowest BCUT2D eigenvalue weighted by atomic mass is 9.61. The van der Waals surface area contributed by atoms with E-state index in [-0.39, 0.29) is 11.5 Å². The molecule has 0 aliphatic heterocycles. The van der Waals surface area contributed by atoms with Gasteiger partial charge in [-0.2, -0.15) is 0 Å². The summed E-state index contributed by atoms with van der Waals surface area (Å²) < 4.78 is 0. The van der Waals surface area contributed by atoms with Crippen LogP contribution >= 0.6 is 0 Å². The lowest BCUT2D eigenvalue weighted by molar-refractivity contribution is 0.0862. The van der Waals surface area contributed by atoms with Gasteiger partial charge in [-0.15, -0.1) is 0 Å². The molecule has 4 aliphatic carbocycles. The van der Waals surface area contributed by atoms with E-state index in [0.717, 1.165) is 30.4 Å². The van der Waals surface area contributed by atoms with E-state index in [0.29, 0.717) is 36.0 Å². The van der Waals surface area contributed by atoms with E-state index in [9.17, 15) is 15.3 Å². The Morgan fingerprint density at radius 2 is 1.81 bits per heavy atom. The zero-order valence-electron chi connectivity index (χ0n) is 19.7. The van der Waals surface area contributed by atoms with E-state index >= 15 is 0 Å². The summed E-state index contributed by atoms with van der Waals surface area (Å²) in [5.74, 6) is 1.74. The average molecular weight is 427 g/mol. The molecule has 0 amide bonds. The third-order valence-corrected chi connectivity index (χ3v) is 9.29. The van der Waals surface area contributed by atoms with Crippen molar-refractivity contribution in [3.63, 3.8) is 0 Å². The molecule has 31 heavy (non-hydrogen) atoms. The lowest BCUT2D eigenvalue weighted by Crippen LogP contribution is -2.35. The Morgan fingerprint density at radius 1 is 1.06 bits per heavy atom. The quantitative estimate of drug-likeness (QED) is 0.510. The summed E-state index contributed by atoms with van der Waals surface area (Å²) >= 11 is 0. The Balaban J connectivity index is 1.48. The highest BCUT2D eigenvalue weighted by atomic mass is 16.3. The van der Waals surface area contributed by atoms with E-state index < -0.39 is 12.2 Å². The number of aliphatic hydroxyl groups excluding tert-OH is 3. The van der Waals surface area contributed by atoms with Crippen molar-refractivity contribution >= 4 is 0 Å². The zero-order valence-corrected chi connectivity index (χ0v) is 19.7. The summed E-state index contributed by atoms with van der Waals surface area (Å²) in [6.45, 7) is 11.1. The molecule has 0 aromatic rings. The number of fused-ring (bicyclic) bond motifs is 1. The second-order valence-corrected chi connectivity index (χ2v) is 11.5. The molecule has 172 valence electrons. The number of hydrogen-bond acceptors (Lipinski definition) is 3. The van der Waals surface area contributed by atoms with Crippen molar-refractivity contribution in [2.45, 2.75) is 96.9 Å². The highest BCUT2D eigenvalue weighted by Gasteiger charge is 2.50. The number of aliphatic hydroxyl groups is 3. The molecule has 4 aliphatic rings. The van der Waals surface area contributed by atoms with Crippen LogP contribution in [0.2, 0.25) is 0 Å². The van der Waals surface area contributed by atoms with Gasteiger partial charge in [0.2, 0.25) is 0 Å². The van der Waals surface area contributed by atoms with Crippen LogP contribution in [0, 0.1) is 28.6 Å². The van der Waals surface area contributed by atoms with Crippen LogP contribution in [0.3, 0.4) is 0 Å². The molecule has 4 fully saturated rings. The standard InChI is InChI=1S/C28H42O3/c1-18(7-12-26(31)27(3)14-15-27)23-10-11-24-20(6-5-13-28(23,24)4)8-9-21-16-22(29)17-25(30)19(21)2/h7-9,12,18,22-26,29-31H,2,5-6,10-11,13-17H2,1,3-4H3/b12-7+,20-8+,21-9-/t18-,22-,23-,24+,25+,26+,28-/m1/s1. The van der Waals surface area contributed by atoms with Crippen molar-refractivity contribution < 1.29 is 15.3 Å². The van der Waals surface area contributed by atoms with Gasteiger partial charge in [0.15, 0.2) is 0 Å². The molecule has 0 heterocycles. The highest BCUT2D eigenvalue weighted by Crippen LogP contribution is 2.59. The molecule has 4 saturated carbocycles.